The first-order valence-electron chi connectivity index (χ1n) is 6.79. The number of amidine groups is 1. The summed E-state index contributed by atoms with van der Waals surface area (Å²) >= 11 is 0. The van der Waals surface area contributed by atoms with Gasteiger partial charge in [0.15, 0.2) is 0 Å². The predicted octanol–water partition coefficient (Wildman–Crippen LogP) is 2.52. The summed E-state index contributed by atoms with van der Waals surface area (Å²) in [5.74, 6) is 1.08. The number of anilines is 1. The average Bonchev–Trinajstić information content (AvgIpc) is 2.63. The van der Waals surface area contributed by atoms with Gasteiger partial charge in [-0.1, -0.05) is 19.8 Å². The number of hydrogen-bond acceptors (Lipinski definition) is 3. The maximum absolute atomic E-state index is 7.52. The van der Waals surface area contributed by atoms with Crippen LogP contribution < -0.4 is 10.6 Å². The third kappa shape index (κ3) is 2.81. The first kappa shape index (κ1) is 12.9. The van der Waals surface area contributed by atoms with Crippen LogP contribution in [0, 0.1) is 5.41 Å². The molecule has 0 aliphatic carbocycles. The summed E-state index contributed by atoms with van der Waals surface area (Å²) in [5, 5.41) is 7.52. The molecule has 3 N–H and O–H groups in total. The van der Waals surface area contributed by atoms with Gasteiger partial charge in [-0.2, -0.15) is 0 Å². The number of nitrogen functional groups attached to an aromatic ring is 1. The van der Waals surface area contributed by atoms with Gasteiger partial charge in [0, 0.05) is 24.3 Å². The molecule has 0 aromatic carbocycles. The Morgan fingerprint density at radius 3 is 3.06 bits per heavy atom. The zero-order valence-corrected chi connectivity index (χ0v) is 11.0. The van der Waals surface area contributed by atoms with E-state index in [2.05, 4.69) is 16.8 Å². The number of nitrogens with one attached hydrogen (secondary N) is 1. The van der Waals surface area contributed by atoms with Crippen LogP contribution in [0.25, 0.3) is 0 Å². The highest BCUT2D eigenvalue weighted by Gasteiger charge is 2.20. The standard InChI is InChI=1S/C14H22N4/c1-2-12-6-4-3-5-9-18(12)13-10-11(14(15)16)7-8-17-13/h7-8,10,12H,2-6,9H2,1H3,(H3,15,16). The minimum atomic E-state index is 0.113. The zero-order chi connectivity index (χ0) is 13.0. The highest BCUT2D eigenvalue weighted by molar-refractivity contribution is 5.95. The topological polar surface area (TPSA) is 66.0 Å². The Morgan fingerprint density at radius 2 is 2.33 bits per heavy atom. The Labute approximate surface area is 109 Å². The average molecular weight is 246 g/mol. The zero-order valence-electron chi connectivity index (χ0n) is 11.0. The van der Waals surface area contributed by atoms with Crippen LogP contribution >= 0.6 is 0 Å². The van der Waals surface area contributed by atoms with E-state index in [9.17, 15) is 0 Å². The maximum atomic E-state index is 7.52. The van der Waals surface area contributed by atoms with Crippen LogP contribution in [0.1, 0.15) is 44.6 Å². The van der Waals surface area contributed by atoms with Crippen molar-refractivity contribution in [2.75, 3.05) is 11.4 Å². The molecule has 98 valence electrons. The fourth-order valence-electron chi connectivity index (χ4n) is 2.65. The van der Waals surface area contributed by atoms with Crippen molar-refractivity contribution in [1.29, 1.82) is 5.41 Å². The van der Waals surface area contributed by atoms with E-state index in [0.717, 1.165) is 24.3 Å². The van der Waals surface area contributed by atoms with E-state index in [1.165, 1.54) is 25.7 Å². The molecular formula is C14H22N4. The van der Waals surface area contributed by atoms with Gasteiger partial charge in [0.2, 0.25) is 0 Å². The quantitative estimate of drug-likeness (QED) is 0.636. The third-order valence-electron chi connectivity index (χ3n) is 3.70. The lowest BCUT2D eigenvalue weighted by molar-refractivity contribution is 0.552. The third-order valence-corrected chi connectivity index (χ3v) is 3.70. The van der Waals surface area contributed by atoms with Gasteiger partial charge in [-0.15, -0.1) is 0 Å². The van der Waals surface area contributed by atoms with Gasteiger partial charge in [0.05, 0.1) is 0 Å². The van der Waals surface area contributed by atoms with E-state index in [1.807, 2.05) is 6.07 Å². The minimum Gasteiger partial charge on any atom is -0.384 e. The molecule has 0 spiro atoms. The molecule has 4 nitrogen and oxygen atoms in total. The van der Waals surface area contributed by atoms with Crippen molar-refractivity contribution in [3.8, 4) is 0 Å². The fourth-order valence-corrected chi connectivity index (χ4v) is 2.65. The Bertz CT molecular complexity index is 416. The van der Waals surface area contributed by atoms with Crippen LogP contribution in [0.3, 0.4) is 0 Å². The lowest BCUT2D eigenvalue weighted by atomic mass is 10.1. The SMILES string of the molecule is CCC1CCCCCN1c1cc(C(=N)N)ccn1. The smallest absolute Gasteiger partial charge is 0.129 e. The summed E-state index contributed by atoms with van der Waals surface area (Å²) in [4.78, 5) is 6.85. The summed E-state index contributed by atoms with van der Waals surface area (Å²) in [7, 11) is 0. The summed E-state index contributed by atoms with van der Waals surface area (Å²) in [5.41, 5.74) is 6.31. The van der Waals surface area contributed by atoms with Crippen molar-refractivity contribution in [2.24, 2.45) is 5.73 Å². The Morgan fingerprint density at radius 1 is 1.50 bits per heavy atom. The van der Waals surface area contributed by atoms with Crippen molar-refractivity contribution in [3.63, 3.8) is 0 Å². The summed E-state index contributed by atoms with van der Waals surface area (Å²) in [6.45, 7) is 3.30. The molecule has 2 heterocycles. The van der Waals surface area contributed by atoms with Crippen molar-refractivity contribution >= 4 is 11.7 Å². The molecule has 1 aromatic rings. The number of hydrogen-bond donors (Lipinski definition) is 2. The molecular weight excluding hydrogens is 224 g/mol. The molecule has 1 aliphatic rings. The molecule has 1 saturated heterocycles. The van der Waals surface area contributed by atoms with Gasteiger partial charge in [0.25, 0.3) is 0 Å². The molecule has 1 fully saturated rings. The van der Waals surface area contributed by atoms with Gasteiger partial charge in [-0.3, -0.25) is 5.41 Å². The number of aromatic nitrogens is 1. The normalized spacial score (nSPS) is 20.5. The number of rotatable bonds is 3. The molecule has 0 bridgehead atoms. The van der Waals surface area contributed by atoms with Gasteiger partial charge < -0.3 is 10.6 Å². The van der Waals surface area contributed by atoms with Crippen LogP contribution in [0.15, 0.2) is 18.3 Å². The van der Waals surface area contributed by atoms with E-state index in [1.54, 1.807) is 12.3 Å². The summed E-state index contributed by atoms with van der Waals surface area (Å²) in [6.07, 6.45) is 7.97. The largest absolute Gasteiger partial charge is 0.384 e. The number of nitrogens with two attached hydrogens (primary N) is 1. The van der Waals surface area contributed by atoms with Crippen LogP contribution in [0.5, 0.6) is 0 Å². The lowest BCUT2D eigenvalue weighted by Crippen LogP contribution is -2.35. The molecule has 1 aromatic heterocycles. The van der Waals surface area contributed by atoms with Crippen molar-refractivity contribution < 1.29 is 0 Å². The Hall–Kier alpha value is -1.58. The van der Waals surface area contributed by atoms with Crippen LogP contribution in [-0.4, -0.2) is 23.4 Å². The summed E-state index contributed by atoms with van der Waals surface area (Å²) < 4.78 is 0. The first-order valence-corrected chi connectivity index (χ1v) is 6.79. The van der Waals surface area contributed by atoms with E-state index < -0.39 is 0 Å². The lowest BCUT2D eigenvalue weighted by Gasteiger charge is -2.30. The van der Waals surface area contributed by atoms with Crippen molar-refractivity contribution in [1.82, 2.24) is 4.98 Å². The van der Waals surface area contributed by atoms with Crippen LogP contribution in [0.4, 0.5) is 5.82 Å². The van der Waals surface area contributed by atoms with Gasteiger partial charge in [0.1, 0.15) is 11.7 Å². The minimum absolute atomic E-state index is 0.113. The molecule has 0 amide bonds. The van der Waals surface area contributed by atoms with Gasteiger partial charge in [-0.25, -0.2) is 4.98 Å². The molecule has 4 heteroatoms. The van der Waals surface area contributed by atoms with E-state index >= 15 is 0 Å². The number of pyridine rings is 1. The van der Waals surface area contributed by atoms with E-state index in [0.29, 0.717) is 6.04 Å². The monoisotopic (exact) mass is 246 g/mol. The highest BCUT2D eigenvalue weighted by Crippen LogP contribution is 2.24. The Balaban J connectivity index is 2.26. The summed E-state index contributed by atoms with van der Waals surface area (Å²) in [6, 6.07) is 4.31. The fraction of sp³-hybridized carbons (Fsp3) is 0.571. The molecule has 2 rings (SSSR count). The van der Waals surface area contributed by atoms with E-state index in [4.69, 9.17) is 11.1 Å². The van der Waals surface area contributed by atoms with E-state index in [-0.39, 0.29) is 5.84 Å². The second kappa shape index (κ2) is 5.85. The van der Waals surface area contributed by atoms with Crippen molar-refractivity contribution in [3.05, 3.63) is 23.9 Å². The maximum Gasteiger partial charge on any atom is 0.129 e. The molecule has 0 saturated carbocycles. The molecule has 1 aliphatic heterocycles. The second-order valence-corrected chi connectivity index (χ2v) is 4.92. The Kier molecular flexibility index (Phi) is 4.18. The van der Waals surface area contributed by atoms with Crippen LogP contribution in [-0.2, 0) is 0 Å². The molecule has 18 heavy (non-hydrogen) atoms. The van der Waals surface area contributed by atoms with Crippen molar-refractivity contribution in [2.45, 2.75) is 45.1 Å². The van der Waals surface area contributed by atoms with Gasteiger partial charge >= 0.3 is 0 Å². The molecule has 1 atom stereocenters. The molecule has 1 unspecified atom stereocenters. The van der Waals surface area contributed by atoms with Crippen LogP contribution in [0.2, 0.25) is 0 Å². The number of nitrogens with zero attached hydrogens (tertiary/aromatic N) is 2. The first-order chi connectivity index (χ1) is 8.72. The predicted molar refractivity (Wildman–Crippen MR) is 75.1 cm³/mol. The molecule has 0 radical (unpaired) electrons. The second-order valence-electron chi connectivity index (χ2n) is 4.92. The van der Waals surface area contributed by atoms with Gasteiger partial charge in [-0.05, 0) is 31.4 Å². The highest BCUT2D eigenvalue weighted by atomic mass is 15.2.